The Labute approximate surface area is 99.7 Å². The van der Waals surface area contributed by atoms with Crippen LogP contribution in [0.2, 0.25) is 0 Å². The van der Waals surface area contributed by atoms with Gasteiger partial charge in [-0.15, -0.1) is 0 Å². The van der Waals surface area contributed by atoms with E-state index in [1.807, 2.05) is 50.3 Å². The largest absolute Gasteiger partial charge is 0.448 e. The summed E-state index contributed by atoms with van der Waals surface area (Å²) in [4.78, 5) is 11.3. The third-order valence-electron chi connectivity index (χ3n) is 2.38. The molecular formula is C13H14O2S. The Hall–Kier alpha value is -1.22. The molecule has 0 radical (unpaired) electrons. The standard InChI is InChI=1S/C13H14O2S/c1-9(2)8-11-12(16-13(14)15-11)10-6-4-3-5-7-10/h3-8,11-12H,1-2H3/t11-,12-/m0/s1. The third kappa shape index (κ3) is 2.47. The fourth-order valence-electron chi connectivity index (χ4n) is 1.72. The summed E-state index contributed by atoms with van der Waals surface area (Å²) in [6, 6.07) is 10.0. The molecule has 84 valence electrons. The van der Waals surface area contributed by atoms with E-state index in [4.69, 9.17) is 4.74 Å². The lowest BCUT2D eigenvalue weighted by molar-refractivity contribution is 0.155. The van der Waals surface area contributed by atoms with Gasteiger partial charge < -0.3 is 4.74 Å². The molecule has 2 rings (SSSR count). The summed E-state index contributed by atoms with van der Waals surface area (Å²) in [7, 11) is 0. The van der Waals surface area contributed by atoms with Crippen LogP contribution in [-0.2, 0) is 4.74 Å². The van der Waals surface area contributed by atoms with Crippen LogP contribution in [0.25, 0.3) is 0 Å². The number of rotatable bonds is 2. The molecule has 0 spiro atoms. The van der Waals surface area contributed by atoms with Gasteiger partial charge in [-0.2, -0.15) is 0 Å². The number of carbonyl (C=O) groups is 1. The predicted molar refractivity (Wildman–Crippen MR) is 66.5 cm³/mol. The molecule has 1 aromatic carbocycles. The van der Waals surface area contributed by atoms with Gasteiger partial charge in [-0.25, -0.2) is 4.79 Å². The fraction of sp³-hybridized carbons (Fsp3) is 0.308. The van der Waals surface area contributed by atoms with E-state index < -0.39 is 0 Å². The molecule has 2 atom stereocenters. The highest BCUT2D eigenvalue weighted by Crippen LogP contribution is 2.42. The summed E-state index contributed by atoms with van der Waals surface area (Å²) < 4.78 is 5.29. The summed E-state index contributed by atoms with van der Waals surface area (Å²) in [6.07, 6.45) is 1.88. The SMILES string of the molecule is CC(C)=C[C@@H]1OC(=O)S[C@H]1c1ccccc1. The smallest absolute Gasteiger partial charge is 0.368 e. The van der Waals surface area contributed by atoms with Crippen molar-refractivity contribution >= 4 is 17.1 Å². The summed E-state index contributed by atoms with van der Waals surface area (Å²) in [5.74, 6) is 0. The quantitative estimate of drug-likeness (QED) is 0.572. The van der Waals surface area contributed by atoms with Gasteiger partial charge in [-0.1, -0.05) is 35.9 Å². The molecule has 1 saturated heterocycles. The molecule has 2 nitrogen and oxygen atoms in total. The van der Waals surface area contributed by atoms with Crippen molar-refractivity contribution in [2.75, 3.05) is 0 Å². The highest BCUT2D eigenvalue weighted by atomic mass is 32.2. The Kier molecular flexibility index (Phi) is 3.34. The first-order chi connectivity index (χ1) is 7.66. The summed E-state index contributed by atoms with van der Waals surface area (Å²) in [5, 5.41) is -0.0973. The predicted octanol–water partition coefficient (Wildman–Crippen LogP) is 3.95. The van der Waals surface area contributed by atoms with Gasteiger partial charge >= 0.3 is 5.30 Å². The molecule has 1 aliphatic rings. The number of benzene rings is 1. The van der Waals surface area contributed by atoms with E-state index in [9.17, 15) is 4.79 Å². The maximum atomic E-state index is 11.3. The topological polar surface area (TPSA) is 26.3 Å². The summed E-state index contributed by atoms with van der Waals surface area (Å²) in [5.41, 5.74) is 2.31. The average molecular weight is 234 g/mol. The number of cyclic esters (lactones) is 1. The van der Waals surface area contributed by atoms with Gasteiger partial charge in [0.1, 0.15) is 6.10 Å². The van der Waals surface area contributed by atoms with Crippen molar-refractivity contribution in [2.45, 2.75) is 25.2 Å². The van der Waals surface area contributed by atoms with E-state index in [1.165, 1.54) is 17.3 Å². The van der Waals surface area contributed by atoms with Gasteiger partial charge in [0.15, 0.2) is 0 Å². The molecule has 0 bridgehead atoms. The average Bonchev–Trinajstić information content (AvgIpc) is 2.60. The molecular weight excluding hydrogens is 220 g/mol. The first-order valence-electron chi connectivity index (χ1n) is 5.24. The van der Waals surface area contributed by atoms with Crippen LogP contribution in [0.3, 0.4) is 0 Å². The number of hydrogen-bond acceptors (Lipinski definition) is 3. The van der Waals surface area contributed by atoms with E-state index >= 15 is 0 Å². The Morgan fingerprint density at radius 3 is 2.62 bits per heavy atom. The van der Waals surface area contributed by atoms with Crippen LogP contribution in [0, 0.1) is 0 Å². The normalized spacial score (nSPS) is 24.0. The van der Waals surface area contributed by atoms with E-state index in [1.54, 1.807) is 0 Å². The van der Waals surface area contributed by atoms with Crippen LogP contribution >= 0.6 is 11.8 Å². The monoisotopic (exact) mass is 234 g/mol. The third-order valence-corrected chi connectivity index (χ3v) is 3.46. The zero-order valence-electron chi connectivity index (χ0n) is 9.34. The van der Waals surface area contributed by atoms with Gasteiger partial charge in [0.2, 0.25) is 0 Å². The maximum absolute atomic E-state index is 11.3. The zero-order valence-corrected chi connectivity index (χ0v) is 10.2. The molecule has 0 N–H and O–H groups in total. The van der Waals surface area contributed by atoms with Crippen LogP contribution in [0.15, 0.2) is 42.0 Å². The number of carbonyl (C=O) groups excluding carboxylic acids is 1. The van der Waals surface area contributed by atoms with Crippen LogP contribution in [-0.4, -0.2) is 11.4 Å². The number of hydrogen-bond donors (Lipinski definition) is 0. The van der Waals surface area contributed by atoms with Gasteiger partial charge in [-0.05, 0) is 37.2 Å². The maximum Gasteiger partial charge on any atom is 0.368 e. The minimum atomic E-state index is -0.184. The van der Waals surface area contributed by atoms with E-state index in [-0.39, 0.29) is 16.7 Å². The molecule has 0 unspecified atom stereocenters. The second-order valence-electron chi connectivity index (χ2n) is 4.03. The highest BCUT2D eigenvalue weighted by Gasteiger charge is 2.35. The van der Waals surface area contributed by atoms with Crippen LogP contribution < -0.4 is 0 Å². The molecule has 0 saturated carbocycles. The van der Waals surface area contributed by atoms with Gasteiger partial charge in [0.05, 0.1) is 5.25 Å². The first-order valence-corrected chi connectivity index (χ1v) is 6.12. The molecule has 0 aromatic heterocycles. The van der Waals surface area contributed by atoms with Crippen LogP contribution in [0.4, 0.5) is 4.79 Å². The molecule has 1 fully saturated rings. The molecule has 0 aliphatic carbocycles. The van der Waals surface area contributed by atoms with Crippen molar-refractivity contribution in [3.05, 3.63) is 47.5 Å². The zero-order chi connectivity index (χ0) is 11.5. The van der Waals surface area contributed by atoms with E-state index in [0.717, 1.165) is 5.56 Å². The Morgan fingerprint density at radius 1 is 1.31 bits per heavy atom. The second-order valence-corrected chi connectivity index (χ2v) is 5.10. The summed E-state index contributed by atoms with van der Waals surface area (Å²) in [6.45, 7) is 4.03. The highest BCUT2D eigenvalue weighted by molar-refractivity contribution is 8.13. The molecule has 16 heavy (non-hydrogen) atoms. The molecule has 3 heteroatoms. The van der Waals surface area contributed by atoms with Gasteiger partial charge in [0, 0.05) is 0 Å². The van der Waals surface area contributed by atoms with Crippen molar-refractivity contribution in [1.29, 1.82) is 0 Å². The molecule has 1 aromatic rings. The van der Waals surface area contributed by atoms with Gasteiger partial charge in [0.25, 0.3) is 0 Å². The number of allylic oxidation sites excluding steroid dienone is 1. The van der Waals surface area contributed by atoms with Gasteiger partial charge in [-0.3, -0.25) is 0 Å². The Balaban J connectivity index is 2.26. The minimum absolute atomic E-state index is 0.0867. The lowest BCUT2D eigenvalue weighted by Gasteiger charge is -2.13. The first kappa shape index (κ1) is 11.3. The van der Waals surface area contributed by atoms with E-state index in [0.29, 0.717) is 0 Å². The van der Waals surface area contributed by atoms with E-state index in [2.05, 4.69) is 0 Å². The van der Waals surface area contributed by atoms with Crippen molar-refractivity contribution in [1.82, 2.24) is 0 Å². The Bertz CT molecular complexity index is 407. The van der Waals surface area contributed by atoms with Crippen molar-refractivity contribution in [3.8, 4) is 0 Å². The summed E-state index contributed by atoms with van der Waals surface area (Å²) >= 11 is 1.26. The lowest BCUT2D eigenvalue weighted by Crippen LogP contribution is -2.10. The van der Waals surface area contributed by atoms with Crippen LogP contribution in [0.5, 0.6) is 0 Å². The number of ether oxygens (including phenoxy) is 1. The van der Waals surface area contributed by atoms with Crippen molar-refractivity contribution in [3.63, 3.8) is 0 Å². The fourth-order valence-corrected chi connectivity index (χ4v) is 2.66. The van der Waals surface area contributed by atoms with Crippen molar-refractivity contribution < 1.29 is 9.53 Å². The second kappa shape index (κ2) is 4.74. The minimum Gasteiger partial charge on any atom is -0.448 e. The van der Waals surface area contributed by atoms with Crippen molar-refractivity contribution in [2.24, 2.45) is 0 Å². The lowest BCUT2D eigenvalue weighted by atomic mass is 10.1. The molecule has 1 aliphatic heterocycles. The Morgan fingerprint density at radius 2 is 2.00 bits per heavy atom. The van der Waals surface area contributed by atoms with Crippen LogP contribution in [0.1, 0.15) is 24.7 Å². The number of thioether (sulfide) groups is 1. The molecule has 1 heterocycles. The molecule has 0 amide bonds.